The van der Waals surface area contributed by atoms with Crippen LogP contribution in [0.5, 0.6) is 11.5 Å². The van der Waals surface area contributed by atoms with Gasteiger partial charge in [0.25, 0.3) is 5.91 Å². The Kier molecular flexibility index (Phi) is 6.12. The van der Waals surface area contributed by atoms with Gasteiger partial charge in [0.05, 0.1) is 11.9 Å². The van der Waals surface area contributed by atoms with Crippen LogP contribution in [-0.4, -0.2) is 21.7 Å². The van der Waals surface area contributed by atoms with Crippen molar-refractivity contribution in [2.24, 2.45) is 7.05 Å². The molecule has 0 saturated carbocycles. The van der Waals surface area contributed by atoms with E-state index in [4.69, 9.17) is 4.74 Å². The molecule has 0 spiro atoms. The minimum absolute atomic E-state index is 0.295. The SMILES string of the molecule is Cn1cc(NC(=O)c2cccc(NC(=O)Nc3ccc(Oc4ccccc4)cc3)c2)cn1. The average Bonchev–Trinajstić information content (AvgIpc) is 3.20. The molecule has 8 heteroatoms. The third-order valence-corrected chi connectivity index (χ3v) is 4.44. The van der Waals surface area contributed by atoms with Gasteiger partial charge in [-0.05, 0) is 54.6 Å². The Hall–Kier alpha value is -4.59. The zero-order valence-corrected chi connectivity index (χ0v) is 17.3. The highest BCUT2D eigenvalue weighted by molar-refractivity contribution is 6.06. The van der Waals surface area contributed by atoms with Crippen LogP contribution in [0.3, 0.4) is 0 Å². The number of aromatic nitrogens is 2. The lowest BCUT2D eigenvalue weighted by atomic mass is 10.2. The molecule has 0 atom stereocenters. The Morgan fingerprint density at radius 2 is 1.50 bits per heavy atom. The van der Waals surface area contributed by atoms with Crippen LogP contribution >= 0.6 is 0 Å². The molecule has 0 radical (unpaired) electrons. The molecule has 0 aliphatic heterocycles. The maximum Gasteiger partial charge on any atom is 0.323 e. The fourth-order valence-electron chi connectivity index (χ4n) is 2.95. The molecule has 4 rings (SSSR count). The molecule has 1 heterocycles. The Bertz CT molecular complexity index is 1220. The molecule has 4 aromatic rings. The first-order valence-corrected chi connectivity index (χ1v) is 9.86. The number of urea groups is 1. The smallest absolute Gasteiger partial charge is 0.323 e. The fourth-order valence-corrected chi connectivity index (χ4v) is 2.95. The highest BCUT2D eigenvalue weighted by atomic mass is 16.5. The highest BCUT2D eigenvalue weighted by Crippen LogP contribution is 2.23. The number of anilines is 3. The number of carbonyl (C=O) groups excluding carboxylic acids is 2. The molecule has 0 bridgehead atoms. The first-order chi connectivity index (χ1) is 15.5. The van der Waals surface area contributed by atoms with Gasteiger partial charge in [-0.25, -0.2) is 4.79 Å². The van der Waals surface area contributed by atoms with E-state index in [0.717, 1.165) is 5.75 Å². The summed E-state index contributed by atoms with van der Waals surface area (Å²) < 4.78 is 7.34. The largest absolute Gasteiger partial charge is 0.457 e. The molecule has 0 fully saturated rings. The number of carbonyl (C=O) groups is 2. The molecule has 0 unspecified atom stereocenters. The van der Waals surface area contributed by atoms with Crippen LogP contribution in [0.25, 0.3) is 0 Å². The van der Waals surface area contributed by atoms with Crippen molar-refractivity contribution in [3.8, 4) is 11.5 Å². The van der Waals surface area contributed by atoms with Crippen LogP contribution in [0.2, 0.25) is 0 Å². The summed E-state index contributed by atoms with van der Waals surface area (Å²) in [5.41, 5.74) is 2.10. The van der Waals surface area contributed by atoms with E-state index < -0.39 is 6.03 Å². The molecular formula is C24H21N5O3. The molecule has 3 N–H and O–H groups in total. The van der Waals surface area contributed by atoms with Gasteiger partial charge in [0, 0.05) is 30.2 Å². The topological polar surface area (TPSA) is 97.3 Å². The van der Waals surface area contributed by atoms with E-state index in [2.05, 4.69) is 21.0 Å². The summed E-state index contributed by atoms with van der Waals surface area (Å²) in [7, 11) is 1.77. The number of hydrogen-bond acceptors (Lipinski definition) is 4. The van der Waals surface area contributed by atoms with Gasteiger partial charge in [-0.1, -0.05) is 24.3 Å². The number of rotatable bonds is 6. The van der Waals surface area contributed by atoms with E-state index in [1.54, 1.807) is 72.7 Å². The summed E-state index contributed by atoms with van der Waals surface area (Å²) in [5.74, 6) is 1.10. The normalized spacial score (nSPS) is 10.3. The molecule has 0 aliphatic rings. The molecule has 32 heavy (non-hydrogen) atoms. The maximum atomic E-state index is 12.4. The predicted molar refractivity (Wildman–Crippen MR) is 123 cm³/mol. The van der Waals surface area contributed by atoms with E-state index >= 15 is 0 Å². The number of nitrogens with one attached hydrogen (secondary N) is 3. The second-order valence-electron chi connectivity index (χ2n) is 6.96. The van der Waals surface area contributed by atoms with Gasteiger partial charge in [0.1, 0.15) is 11.5 Å². The van der Waals surface area contributed by atoms with Crippen LogP contribution in [0.4, 0.5) is 21.9 Å². The van der Waals surface area contributed by atoms with Crippen LogP contribution in [0.15, 0.2) is 91.3 Å². The van der Waals surface area contributed by atoms with Gasteiger partial charge in [0.15, 0.2) is 0 Å². The lowest BCUT2D eigenvalue weighted by molar-refractivity contribution is 0.102. The summed E-state index contributed by atoms with van der Waals surface area (Å²) in [6.07, 6.45) is 3.26. The first-order valence-electron chi connectivity index (χ1n) is 9.86. The van der Waals surface area contributed by atoms with Crippen LogP contribution < -0.4 is 20.7 Å². The van der Waals surface area contributed by atoms with E-state index in [1.165, 1.54) is 0 Å². The zero-order valence-electron chi connectivity index (χ0n) is 17.3. The second kappa shape index (κ2) is 9.48. The molecule has 3 aromatic carbocycles. The van der Waals surface area contributed by atoms with E-state index in [9.17, 15) is 9.59 Å². The number of ether oxygens (including phenoxy) is 1. The summed E-state index contributed by atoms with van der Waals surface area (Å²) in [6, 6.07) is 22.7. The summed E-state index contributed by atoms with van der Waals surface area (Å²) in [6.45, 7) is 0. The molecule has 0 aliphatic carbocycles. The van der Waals surface area contributed by atoms with Crippen molar-refractivity contribution < 1.29 is 14.3 Å². The lowest BCUT2D eigenvalue weighted by Gasteiger charge is -2.10. The third kappa shape index (κ3) is 5.51. The van der Waals surface area contributed by atoms with E-state index in [1.807, 2.05) is 30.3 Å². The van der Waals surface area contributed by atoms with Gasteiger partial charge in [-0.3, -0.25) is 9.48 Å². The third-order valence-electron chi connectivity index (χ3n) is 4.44. The molecule has 8 nitrogen and oxygen atoms in total. The van der Waals surface area contributed by atoms with Crippen molar-refractivity contribution >= 4 is 29.0 Å². The fraction of sp³-hybridized carbons (Fsp3) is 0.0417. The van der Waals surface area contributed by atoms with Crippen LogP contribution in [0, 0.1) is 0 Å². The number of hydrogen-bond donors (Lipinski definition) is 3. The van der Waals surface area contributed by atoms with Crippen molar-refractivity contribution in [1.82, 2.24) is 9.78 Å². The van der Waals surface area contributed by atoms with E-state index in [0.29, 0.717) is 28.4 Å². The monoisotopic (exact) mass is 427 g/mol. The van der Waals surface area contributed by atoms with Gasteiger partial charge in [0.2, 0.25) is 0 Å². The molecule has 0 saturated heterocycles. The quantitative estimate of drug-likeness (QED) is 0.398. The summed E-state index contributed by atoms with van der Waals surface area (Å²) >= 11 is 0. The van der Waals surface area contributed by atoms with Gasteiger partial charge in [-0.15, -0.1) is 0 Å². The number of para-hydroxylation sites is 1. The van der Waals surface area contributed by atoms with E-state index in [-0.39, 0.29) is 5.91 Å². The molecular weight excluding hydrogens is 406 g/mol. The maximum absolute atomic E-state index is 12.4. The number of amides is 3. The first kappa shape index (κ1) is 20.7. The lowest BCUT2D eigenvalue weighted by Crippen LogP contribution is -2.20. The average molecular weight is 427 g/mol. The summed E-state index contributed by atoms with van der Waals surface area (Å²) in [5, 5.41) is 12.3. The molecule has 160 valence electrons. The van der Waals surface area contributed by atoms with Crippen molar-refractivity contribution in [3.05, 3.63) is 96.8 Å². The number of aryl methyl sites for hydroxylation is 1. The van der Waals surface area contributed by atoms with Gasteiger partial charge < -0.3 is 20.7 Å². The van der Waals surface area contributed by atoms with Crippen molar-refractivity contribution in [2.45, 2.75) is 0 Å². The zero-order chi connectivity index (χ0) is 22.3. The second-order valence-corrected chi connectivity index (χ2v) is 6.96. The van der Waals surface area contributed by atoms with Gasteiger partial charge >= 0.3 is 6.03 Å². The van der Waals surface area contributed by atoms with Crippen molar-refractivity contribution in [2.75, 3.05) is 16.0 Å². The van der Waals surface area contributed by atoms with Crippen LogP contribution in [0.1, 0.15) is 10.4 Å². The summed E-state index contributed by atoms with van der Waals surface area (Å²) in [4.78, 5) is 24.8. The number of benzene rings is 3. The number of nitrogens with zero attached hydrogens (tertiary/aromatic N) is 2. The molecule has 3 amide bonds. The van der Waals surface area contributed by atoms with Crippen LogP contribution in [-0.2, 0) is 7.05 Å². The Morgan fingerprint density at radius 3 is 2.22 bits per heavy atom. The van der Waals surface area contributed by atoms with Gasteiger partial charge in [-0.2, -0.15) is 5.10 Å². The highest BCUT2D eigenvalue weighted by Gasteiger charge is 2.10. The minimum Gasteiger partial charge on any atom is -0.457 e. The standard InChI is InChI=1S/C24H21N5O3/c1-29-16-20(15-25-29)26-23(30)17-6-5-7-19(14-17)28-24(31)27-18-10-12-22(13-11-18)32-21-8-3-2-4-9-21/h2-16H,1H3,(H,26,30)(H2,27,28,31). The Labute approximate surface area is 184 Å². The molecule has 1 aromatic heterocycles. The Balaban J connectivity index is 1.33. The van der Waals surface area contributed by atoms with Crippen molar-refractivity contribution in [3.63, 3.8) is 0 Å². The minimum atomic E-state index is -0.424. The predicted octanol–water partition coefficient (Wildman–Crippen LogP) is 5.11. The van der Waals surface area contributed by atoms with Crippen molar-refractivity contribution in [1.29, 1.82) is 0 Å². The Morgan fingerprint density at radius 1 is 0.781 bits per heavy atom.